The molecule has 5 nitrogen and oxygen atoms in total. The molecule has 6 heteroatoms. The number of sulfonamides is 1. The van der Waals surface area contributed by atoms with Crippen LogP contribution in [0.15, 0.2) is 29.4 Å². The number of rotatable bonds is 3. The van der Waals surface area contributed by atoms with Crippen LogP contribution in [-0.4, -0.2) is 13.4 Å². The molecule has 0 spiro atoms. The summed E-state index contributed by atoms with van der Waals surface area (Å²) in [5, 5.41) is 0. The standard InChI is InChI=1S/C15H19N3O2S/c1-9-5-13(8-17-7-9)18-21(19,20)15-11(3)10(2)6-14(16)12(15)4/h5-8,18H,16H2,1-4H3. The highest BCUT2D eigenvalue weighted by Crippen LogP contribution is 2.29. The van der Waals surface area contributed by atoms with Crippen LogP contribution < -0.4 is 10.5 Å². The normalized spacial score (nSPS) is 11.4. The summed E-state index contributed by atoms with van der Waals surface area (Å²) in [5.74, 6) is 0. The van der Waals surface area contributed by atoms with Crippen molar-refractivity contribution in [2.75, 3.05) is 10.5 Å². The first-order valence-corrected chi connectivity index (χ1v) is 8.01. The zero-order valence-electron chi connectivity index (χ0n) is 12.6. The smallest absolute Gasteiger partial charge is 0.262 e. The molecule has 0 amide bonds. The molecule has 0 bridgehead atoms. The second-order valence-electron chi connectivity index (χ2n) is 5.22. The van der Waals surface area contributed by atoms with Crippen molar-refractivity contribution in [3.05, 3.63) is 46.8 Å². The van der Waals surface area contributed by atoms with Crippen LogP contribution in [0.1, 0.15) is 22.3 Å². The molecule has 0 aliphatic carbocycles. The minimum absolute atomic E-state index is 0.238. The Balaban J connectivity index is 2.55. The molecule has 0 fully saturated rings. The number of nitrogen functional groups attached to an aromatic ring is 1. The summed E-state index contributed by atoms with van der Waals surface area (Å²) < 4.78 is 27.9. The number of aryl methyl sites for hydroxylation is 2. The fourth-order valence-corrected chi connectivity index (χ4v) is 3.87. The lowest BCUT2D eigenvalue weighted by Crippen LogP contribution is -2.17. The monoisotopic (exact) mass is 305 g/mol. The lowest BCUT2D eigenvalue weighted by Gasteiger charge is -2.16. The maximum Gasteiger partial charge on any atom is 0.262 e. The van der Waals surface area contributed by atoms with Gasteiger partial charge in [0, 0.05) is 11.9 Å². The van der Waals surface area contributed by atoms with Gasteiger partial charge in [-0.2, -0.15) is 0 Å². The maximum atomic E-state index is 12.7. The third-order valence-electron chi connectivity index (χ3n) is 3.47. The average molecular weight is 305 g/mol. The van der Waals surface area contributed by atoms with Gasteiger partial charge in [0.25, 0.3) is 10.0 Å². The summed E-state index contributed by atoms with van der Waals surface area (Å²) in [6.45, 7) is 7.19. The van der Waals surface area contributed by atoms with Crippen LogP contribution in [0.25, 0.3) is 0 Å². The molecule has 2 rings (SSSR count). The van der Waals surface area contributed by atoms with Gasteiger partial charge in [-0.1, -0.05) is 0 Å². The Morgan fingerprint density at radius 3 is 2.33 bits per heavy atom. The largest absolute Gasteiger partial charge is 0.398 e. The van der Waals surface area contributed by atoms with Crippen molar-refractivity contribution in [2.24, 2.45) is 0 Å². The van der Waals surface area contributed by atoms with Crippen LogP contribution in [0.3, 0.4) is 0 Å². The van der Waals surface area contributed by atoms with Crippen molar-refractivity contribution in [3.8, 4) is 0 Å². The summed E-state index contributed by atoms with van der Waals surface area (Å²) in [6, 6.07) is 3.52. The Labute approximate surface area is 125 Å². The third kappa shape index (κ3) is 3.00. The second kappa shape index (κ2) is 5.37. The lowest BCUT2D eigenvalue weighted by atomic mass is 10.1. The van der Waals surface area contributed by atoms with Crippen LogP contribution >= 0.6 is 0 Å². The first-order chi connectivity index (χ1) is 9.72. The Morgan fingerprint density at radius 2 is 1.71 bits per heavy atom. The third-order valence-corrected chi connectivity index (χ3v) is 5.13. The number of aromatic nitrogens is 1. The number of nitrogens with one attached hydrogen (secondary N) is 1. The van der Waals surface area contributed by atoms with E-state index in [1.807, 2.05) is 13.8 Å². The van der Waals surface area contributed by atoms with Crippen LogP contribution in [0, 0.1) is 27.7 Å². The van der Waals surface area contributed by atoms with Gasteiger partial charge in [0.2, 0.25) is 0 Å². The molecule has 0 aliphatic heterocycles. The fraction of sp³-hybridized carbons (Fsp3) is 0.267. The van der Waals surface area contributed by atoms with Gasteiger partial charge in [-0.05, 0) is 62.1 Å². The molecular weight excluding hydrogens is 286 g/mol. The Hall–Kier alpha value is -2.08. The minimum atomic E-state index is -3.71. The molecule has 0 saturated heterocycles. The van der Waals surface area contributed by atoms with Gasteiger partial charge in [-0.3, -0.25) is 9.71 Å². The molecule has 1 heterocycles. The molecule has 3 N–H and O–H groups in total. The van der Waals surface area contributed by atoms with E-state index in [2.05, 4.69) is 9.71 Å². The van der Waals surface area contributed by atoms with Crippen molar-refractivity contribution in [3.63, 3.8) is 0 Å². The maximum absolute atomic E-state index is 12.7. The van der Waals surface area contributed by atoms with E-state index in [0.717, 1.165) is 11.1 Å². The van der Waals surface area contributed by atoms with E-state index in [0.29, 0.717) is 22.5 Å². The number of nitrogens with two attached hydrogens (primary N) is 1. The molecule has 21 heavy (non-hydrogen) atoms. The Bertz CT molecular complexity index is 773. The predicted octanol–water partition coefficient (Wildman–Crippen LogP) is 2.70. The highest BCUT2D eigenvalue weighted by Gasteiger charge is 2.22. The topological polar surface area (TPSA) is 85.1 Å². The van der Waals surface area contributed by atoms with Crippen molar-refractivity contribution in [2.45, 2.75) is 32.6 Å². The van der Waals surface area contributed by atoms with E-state index in [1.165, 1.54) is 6.20 Å². The Morgan fingerprint density at radius 1 is 1.05 bits per heavy atom. The van der Waals surface area contributed by atoms with Crippen LogP contribution in [-0.2, 0) is 10.0 Å². The molecule has 0 aliphatic rings. The SMILES string of the molecule is Cc1cncc(NS(=O)(=O)c2c(C)c(C)cc(N)c2C)c1. The molecule has 1 aromatic heterocycles. The summed E-state index contributed by atoms with van der Waals surface area (Å²) in [7, 11) is -3.71. The molecule has 1 aromatic carbocycles. The molecule has 0 saturated carbocycles. The first kappa shape index (κ1) is 15.3. The summed E-state index contributed by atoms with van der Waals surface area (Å²) in [6.07, 6.45) is 3.15. The summed E-state index contributed by atoms with van der Waals surface area (Å²) >= 11 is 0. The first-order valence-electron chi connectivity index (χ1n) is 6.53. The number of hydrogen-bond acceptors (Lipinski definition) is 4. The summed E-state index contributed by atoms with van der Waals surface area (Å²) in [5.41, 5.74) is 9.81. The van der Waals surface area contributed by atoms with Gasteiger partial charge in [0.05, 0.1) is 16.8 Å². The van der Waals surface area contributed by atoms with E-state index in [4.69, 9.17) is 5.73 Å². The zero-order chi connectivity index (χ0) is 15.8. The van der Waals surface area contributed by atoms with Crippen LogP contribution in [0.4, 0.5) is 11.4 Å². The molecular formula is C15H19N3O2S. The predicted molar refractivity (Wildman–Crippen MR) is 84.8 cm³/mol. The molecule has 0 radical (unpaired) electrons. The van der Waals surface area contributed by atoms with Crippen LogP contribution in [0.2, 0.25) is 0 Å². The quantitative estimate of drug-likeness (QED) is 0.854. The van der Waals surface area contributed by atoms with E-state index in [9.17, 15) is 8.42 Å². The van der Waals surface area contributed by atoms with Crippen molar-refractivity contribution in [1.29, 1.82) is 0 Å². The number of pyridine rings is 1. The van der Waals surface area contributed by atoms with E-state index >= 15 is 0 Å². The van der Waals surface area contributed by atoms with Gasteiger partial charge >= 0.3 is 0 Å². The number of anilines is 2. The fourth-order valence-electron chi connectivity index (χ4n) is 2.26. The van der Waals surface area contributed by atoms with Gasteiger partial charge in [-0.25, -0.2) is 8.42 Å². The van der Waals surface area contributed by atoms with Gasteiger partial charge in [0.1, 0.15) is 0 Å². The van der Waals surface area contributed by atoms with Crippen LogP contribution in [0.5, 0.6) is 0 Å². The number of nitrogens with zero attached hydrogens (tertiary/aromatic N) is 1. The van der Waals surface area contributed by atoms with E-state index in [-0.39, 0.29) is 4.90 Å². The molecule has 0 atom stereocenters. The van der Waals surface area contributed by atoms with Gasteiger partial charge in [0.15, 0.2) is 0 Å². The summed E-state index contributed by atoms with van der Waals surface area (Å²) in [4.78, 5) is 4.23. The highest BCUT2D eigenvalue weighted by molar-refractivity contribution is 7.92. The minimum Gasteiger partial charge on any atom is -0.398 e. The molecule has 2 aromatic rings. The number of benzene rings is 1. The lowest BCUT2D eigenvalue weighted by molar-refractivity contribution is 0.600. The van der Waals surface area contributed by atoms with Crippen molar-refractivity contribution in [1.82, 2.24) is 4.98 Å². The molecule has 112 valence electrons. The van der Waals surface area contributed by atoms with Crippen molar-refractivity contribution < 1.29 is 8.42 Å². The van der Waals surface area contributed by atoms with Gasteiger partial charge < -0.3 is 5.73 Å². The van der Waals surface area contributed by atoms with Crippen molar-refractivity contribution >= 4 is 21.4 Å². The second-order valence-corrected chi connectivity index (χ2v) is 6.84. The van der Waals surface area contributed by atoms with E-state index < -0.39 is 10.0 Å². The van der Waals surface area contributed by atoms with Gasteiger partial charge in [-0.15, -0.1) is 0 Å². The highest BCUT2D eigenvalue weighted by atomic mass is 32.2. The zero-order valence-corrected chi connectivity index (χ0v) is 13.4. The Kier molecular flexibility index (Phi) is 3.91. The average Bonchev–Trinajstić information content (AvgIpc) is 2.35. The molecule has 0 unspecified atom stereocenters. The van der Waals surface area contributed by atoms with E-state index in [1.54, 1.807) is 32.2 Å². The number of hydrogen-bond donors (Lipinski definition) is 2.